The van der Waals surface area contributed by atoms with Crippen LogP contribution in [-0.4, -0.2) is 51.5 Å². The number of benzene rings is 2. The third-order valence-corrected chi connectivity index (χ3v) is 7.45. The van der Waals surface area contributed by atoms with Crippen LogP contribution >= 0.6 is 0 Å². The van der Waals surface area contributed by atoms with E-state index < -0.39 is 16.1 Å². The van der Waals surface area contributed by atoms with Crippen molar-refractivity contribution in [2.45, 2.75) is 36.6 Å². The number of carbonyl (C=O) groups is 1. The van der Waals surface area contributed by atoms with Crippen LogP contribution in [0.15, 0.2) is 47.4 Å². The molecule has 2 heterocycles. The number of methoxy groups -OCH3 is 1. The van der Waals surface area contributed by atoms with Gasteiger partial charge in [-0.25, -0.2) is 8.42 Å². The largest absolute Gasteiger partial charge is 0.497 e. The number of nitrogens with zero attached hydrogens (tertiary/aromatic N) is 1. The summed E-state index contributed by atoms with van der Waals surface area (Å²) in [5.41, 5.74) is 0.592. The molecule has 9 heteroatoms. The second kappa shape index (κ2) is 9.15. The first-order chi connectivity index (χ1) is 15.0. The normalized spacial score (nSPS) is 18.9. The van der Waals surface area contributed by atoms with Crippen molar-refractivity contribution in [2.24, 2.45) is 0 Å². The van der Waals surface area contributed by atoms with E-state index >= 15 is 0 Å². The highest BCUT2D eigenvalue weighted by atomic mass is 32.2. The molecule has 1 fully saturated rings. The molecule has 0 saturated carbocycles. The molecule has 2 aromatic carbocycles. The third-order valence-electron chi connectivity index (χ3n) is 5.49. The third kappa shape index (κ3) is 4.77. The fraction of sp³-hybridized carbons (Fsp3) is 0.409. The summed E-state index contributed by atoms with van der Waals surface area (Å²) < 4.78 is 44.1. The summed E-state index contributed by atoms with van der Waals surface area (Å²) in [6, 6.07) is 11.2. The number of carbonyl (C=O) groups excluding carboxylic acids is 1. The first-order valence-corrected chi connectivity index (χ1v) is 11.8. The lowest BCUT2D eigenvalue weighted by Crippen LogP contribution is -2.45. The Hall–Kier alpha value is -2.78. The first kappa shape index (κ1) is 21.5. The summed E-state index contributed by atoms with van der Waals surface area (Å²) in [6.45, 7) is 1.36. The van der Waals surface area contributed by atoms with Crippen molar-refractivity contribution in [3.63, 3.8) is 0 Å². The highest BCUT2D eigenvalue weighted by Crippen LogP contribution is 2.33. The molecule has 4 rings (SSSR count). The molecule has 1 N–H and O–H groups in total. The molecular weight excluding hydrogens is 420 g/mol. The number of amides is 1. The van der Waals surface area contributed by atoms with E-state index in [1.54, 1.807) is 30.3 Å². The average Bonchev–Trinajstić information content (AvgIpc) is 2.79. The van der Waals surface area contributed by atoms with Crippen LogP contribution in [0, 0.1) is 0 Å². The number of piperidine rings is 1. The van der Waals surface area contributed by atoms with Crippen molar-refractivity contribution in [2.75, 3.05) is 32.2 Å². The second-order valence-corrected chi connectivity index (χ2v) is 9.44. The Kier molecular flexibility index (Phi) is 6.33. The predicted molar refractivity (Wildman–Crippen MR) is 115 cm³/mol. The number of rotatable bonds is 6. The molecule has 8 nitrogen and oxygen atoms in total. The van der Waals surface area contributed by atoms with Crippen LogP contribution in [-0.2, 0) is 14.8 Å². The molecule has 166 valence electrons. The van der Waals surface area contributed by atoms with E-state index in [2.05, 4.69) is 5.32 Å². The maximum absolute atomic E-state index is 13.2. The number of sulfonamides is 1. The van der Waals surface area contributed by atoms with E-state index in [-0.39, 0.29) is 17.2 Å². The molecule has 2 aliphatic heterocycles. The molecule has 0 spiro atoms. The lowest BCUT2D eigenvalue weighted by molar-refractivity contribution is -0.117. The highest BCUT2D eigenvalue weighted by Gasteiger charge is 2.34. The predicted octanol–water partition coefficient (Wildman–Crippen LogP) is 3.04. The number of fused-ring (bicyclic) bond motifs is 1. The molecule has 0 unspecified atom stereocenters. The molecule has 0 radical (unpaired) electrons. The minimum absolute atomic E-state index is 0.0871. The van der Waals surface area contributed by atoms with Crippen LogP contribution < -0.4 is 19.5 Å². The van der Waals surface area contributed by atoms with E-state index in [0.717, 1.165) is 12.8 Å². The zero-order valence-corrected chi connectivity index (χ0v) is 18.2. The van der Waals surface area contributed by atoms with Crippen molar-refractivity contribution >= 4 is 21.6 Å². The standard InChI is InChI=1S/C22H26N2O6S/c1-28-18-6-8-19(9-7-18)31(26,27)24-11-3-2-4-17(24)15-22(25)23-16-5-10-20-21(14-16)30-13-12-29-20/h5-10,14,17H,2-4,11-13,15H2,1H3,(H,23,25)/t17-/m0/s1. The van der Waals surface area contributed by atoms with Gasteiger partial charge in [0.2, 0.25) is 15.9 Å². The van der Waals surface area contributed by atoms with E-state index in [1.807, 2.05) is 0 Å². The van der Waals surface area contributed by atoms with Crippen LogP contribution in [0.4, 0.5) is 5.69 Å². The summed E-state index contributed by atoms with van der Waals surface area (Å²) >= 11 is 0. The fourth-order valence-corrected chi connectivity index (χ4v) is 5.62. The Morgan fingerprint density at radius 2 is 1.84 bits per heavy atom. The lowest BCUT2D eigenvalue weighted by Gasteiger charge is -2.34. The van der Waals surface area contributed by atoms with Gasteiger partial charge in [0, 0.05) is 30.8 Å². The van der Waals surface area contributed by atoms with Crippen molar-refractivity contribution < 1.29 is 27.4 Å². The summed E-state index contributed by atoms with van der Waals surface area (Å²) in [7, 11) is -2.17. The van der Waals surface area contributed by atoms with Gasteiger partial charge in [-0.05, 0) is 49.2 Å². The van der Waals surface area contributed by atoms with Gasteiger partial charge < -0.3 is 19.5 Å². The molecule has 0 aromatic heterocycles. The number of hydrogen-bond donors (Lipinski definition) is 1. The summed E-state index contributed by atoms with van der Waals surface area (Å²) in [5, 5.41) is 2.85. The Balaban J connectivity index is 1.46. The van der Waals surface area contributed by atoms with Crippen LogP contribution in [0.2, 0.25) is 0 Å². The van der Waals surface area contributed by atoms with E-state index in [4.69, 9.17) is 14.2 Å². The second-order valence-electron chi connectivity index (χ2n) is 7.55. The van der Waals surface area contributed by atoms with Gasteiger partial charge in [-0.15, -0.1) is 0 Å². The Morgan fingerprint density at radius 1 is 1.10 bits per heavy atom. The van der Waals surface area contributed by atoms with Gasteiger partial charge >= 0.3 is 0 Å². The van der Waals surface area contributed by atoms with E-state index in [1.165, 1.54) is 23.5 Å². The van der Waals surface area contributed by atoms with Gasteiger partial charge in [0.1, 0.15) is 19.0 Å². The number of ether oxygens (including phenoxy) is 3. The Morgan fingerprint density at radius 3 is 2.58 bits per heavy atom. The molecular formula is C22H26N2O6S. The molecule has 1 amide bonds. The molecule has 1 atom stereocenters. The van der Waals surface area contributed by atoms with Crippen LogP contribution in [0.25, 0.3) is 0 Å². The van der Waals surface area contributed by atoms with Gasteiger partial charge in [0.25, 0.3) is 0 Å². The topological polar surface area (TPSA) is 94.2 Å². The number of nitrogens with one attached hydrogen (secondary N) is 1. The highest BCUT2D eigenvalue weighted by molar-refractivity contribution is 7.89. The van der Waals surface area contributed by atoms with Gasteiger partial charge in [-0.2, -0.15) is 4.31 Å². The molecule has 0 aliphatic carbocycles. The summed E-state index contributed by atoms with van der Waals surface area (Å²) in [6.07, 6.45) is 2.39. The fourth-order valence-electron chi connectivity index (χ4n) is 3.92. The van der Waals surface area contributed by atoms with Crippen LogP contribution in [0.3, 0.4) is 0 Å². The summed E-state index contributed by atoms with van der Waals surface area (Å²) in [5.74, 6) is 1.59. The molecule has 31 heavy (non-hydrogen) atoms. The van der Waals surface area contributed by atoms with Crippen molar-refractivity contribution in [3.8, 4) is 17.2 Å². The van der Waals surface area contributed by atoms with Crippen molar-refractivity contribution in [3.05, 3.63) is 42.5 Å². The lowest BCUT2D eigenvalue weighted by atomic mass is 10.0. The SMILES string of the molecule is COc1ccc(S(=O)(=O)N2CCCC[C@H]2CC(=O)Nc2ccc3c(c2)OCCO3)cc1. The molecule has 0 bridgehead atoms. The van der Waals surface area contributed by atoms with Crippen LogP contribution in [0.1, 0.15) is 25.7 Å². The maximum Gasteiger partial charge on any atom is 0.243 e. The van der Waals surface area contributed by atoms with Gasteiger partial charge in [-0.3, -0.25) is 4.79 Å². The molecule has 2 aliphatic rings. The minimum Gasteiger partial charge on any atom is -0.497 e. The average molecular weight is 447 g/mol. The monoisotopic (exact) mass is 446 g/mol. The quantitative estimate of drug-likeness (QED) is 0.733. The van der Waals surface area contributed by atoms with Crippen molar-refractivity contribution in [1.82, 2.24) is 4.31 Å². The Bertz CT molecular complexity index is 1040. The van der Waals surface area contributed by atoms with Gasteiger partial charge in [-0.1, -0.05) is 6.42 Å². The van der Waals surface area contributed by atoms with E-state index in [0.29, 0.717) is 49.1 Å². The summed E-state index contributed by atoms with van der Waals surface area (Å²) in [4.78, 5) is 12.9. The zero-order chi connectivity index (χ0) is 21.8. The van der Waals surface area contributed by atoms with E-state index in [9.17, 15) is 13.2 Å². The maximum atomic E-state index is 13.2. The molecule has 1 saturated heterocycles. The smallest absolute Gasteiger partial charge is 0.243 e. The van der Waals surface area contributed by atoms with Crippen LogP contribution in [0.5, 0.6) is 17.2 Å². The minimum atomic E-state index is -3.71. The first-order valence-electron chi connectivity index (χ1n) is 10.3. The number of anilines is 1. The molecule has 2 aromatic rings. The van der Waals surface area contributed by atoms with Gasteiger partial charge in [0.05, 0.1) is 12.0 Å². The number of hydrogen-bond acceptors (Lipinski definition) is 6. The van der Waals surface area contributed by atoms with Gasteiger partial charge in [0.15, 0.2) is 11.5 Å². The zero-order valence-electron chi connectivity index (χ0n) is 17.4. The van der Waals surface area contributed by atoms with Crippen molar-refractivity contribution in [1.29, 1.82) is 0 Å². The Labute approximate surface area is 182 Å².